The maximum absolute atomic E-state index is 15.4. The summed E-state index contributed by atoms with van der Waals surface area (Å²) in [5, 5.41) is 9.40. The molecule has 1 saturated heterocycles. The number of carbonyl (C=O) groups is 1. The maximum atomic E-state index is 15.4. The SMILES string of the molecule is O=C(O)c1cc(F)c2nc(Cc3cc(F)c(-c4ccnc(OCc5ncc(C(F)(F)F)s5)n4)cc3F)n(CC3CCO3)c2c1. The standard InChI is InChI=1S/C28H19F6N5O4S/c29-17-9-16(20-1-3-35-27(37-20)43-12-24-36-10-22(44-24)28(32,33)34)18(30)5-13(17)8-23-38-25-19(31)6-14(26(40)41)7-21(25)39(23)11-15-2-4-42-15/h1,3,5-7,9-10,15H,2,4,8,11-12H2,(H,40,41). The van der Waals surface area contributed by atoms with E-state index in [9.17, 15) is 27.5 Å². The summed E-state index contributed by atoms with van der Waals surface area (Å²) in [6.07, 6.45) is -2.42. The third kappa shape index (κ3) is 5.94. The van der Waals surface area contributed by atoms with Crippen molar-refractivity contribution < 1.29 is 45.7 Å². The van der Waals surface area contributed by atoms with Gasteiger partial charge in [0.2, 0.25) is 0 Å². The molecule has 44 heavy (non-hydrogen) atoms. The summed E-state index contributed by atoms with van der Waals surface area (Å²) < 4.78 is 96.3. The lowest BCUT2D eigenvalue weighted by Gasteiger charge is -2.27. The van der Waals surface area contributed by atoms with Crippen LogP contribution >= 0.6 is 11.3 Å². The summed E-state index contributed by atoms with van der Waals surface area (Å²) in [6, 6.07) is 4.99. The number of hydrogen-bond acceptors (Lipinski definition) is 8. The monoisotopic (exact) mass is 635 g/mol. The van der Waals surface area contributed by atoms with Crippen molar-refractivity contribution in [1.82, 2.24) is 24.5 Å². The van der Waals surface area contributed by atoms with Gasteiger partial charge in [0.15, 0.2) is 5.82 Å². The Morgan fingerprint density at radius 2 is 1.89 bits per heavy atom. The Bertz CT molecular complexity index is 1890. The lowest BCUT2D eigenvalue weighted by Crippen LogP contribution is -2.31. The van der Waals surface area contributed by atoms with Crippen molar-refractivity contribution in [2.45, 2.75) is 38.3 Å². The quantitative estimate of drug-likeness (QED) is 0.195. The van der Waals surface area contributed by atoms with Crippen molar-refractivity contribution in [2.24, 2.45) is 0 Å². The molecule has 0 spiro atoms. The summed E-state index contributed by atoms with van der Waals surface area (Å²) in [4.78, 5) is 26.5. The molecule has 1 atom stereocenters. The molecule has 228 valence electrons. The van der Waals surface area contributed by atoms with Crippen LogP contribution in [0.15, 0.2) is 42.7 Å². The van der Waals surface area contributed by atoms with Gasteiger partial charge in [-0.25, -0.2) is 32.9 Å². The number of aromatic nitrogens is 5. The van der Waals surface area contributed by atoms with Gasteiger partial charge in [-0.3, -0.25) is 0 Å². The fraction of sp³-hybridized carbons (Fsp3) is 0.250. The normalized spacial score (nSPS) is 15.0. The van der Waals surface area contributed by atoms with Crippen LogP contribution < -0.4 is 4.74 Å². The Morgan fingerprint density at radius 3 is 2.57 bits per heavy atom. The minimum Gasteiger partial charge on any atom is -0.478 e. The van der Waals surface area contributed by atoms with Crippen LogP contribution in [0.4, 0.5) is 26.3 Å². The van der Waals surface area contributed by atoms with Gasteiger partial charge in [0.1, 0.15) is 39.5 Å². The number of fused-ring (bicyclic) bond motifs is 1. The van der Waals surface area contributed by atoms with Crippen LogP contribution in [-0.2, 0) is 30.5 Å². The van der Waals surface area contributed by atoms with E-state index in [0.717, 1.165) is 18.2 Å². The van der Waals surface area contributed by atoms with Crippen molar-refractivity contribution in [1.29, 1.82) is 0 Å². The molecule has 1 aliphatic rings. The number of carboxylic acids is 1. The Labute approximate surface area is 247 Å². The predicted octanol–water partition coefficient (Wildman–Crippen LogP) is 6.04. The molecule has 0 radical (unpaired) electrons. The van der Waals surface area contributed by atoms with Crippen LogP contribution in [0, 0.1) is 17.5 Å². The van der Waals surface area contributed by atoms with Gasteiger partial charge in [0.05, 0.1) is 35.6 Å². The highest BCUT2D eigenvalue weighted by molar-refractivity contribution is 7.11. The van der Waals surface area contributed by atoms with E-state index in [-0.39, 0.29) is 75.9 Å². The van der Waals surface area contributed by atoms with Gasteiger partial charge < -0.3 is 19.1 Å². The molecule has 1 N–H and O–H groups in total. The average molecular weight is 636 g/mol. The third-order valence-electron chi connectivity index (χ3n) is 6.86. The number of aromatic carboxylic acids is 1. The zero-order chi connectivity index (χ0) is 31.2. The largest absolute Gasteiger partial charge is 0.478 e. The van der Waals surface area contributed by atoms with Crippen molar-refractivity contribution in [3.8, 4) is 17.3 Å². The summed E-state index contributed by atoms with van der Waals surface area (Å²) >= 11 is 0.392. The summed E-state index contributed by atoms with van der Waals surface area (Å²) in [5.74, 6) is -3.70. The molecule has 0 saturated carbocycles. The van der Waals surface area contributed by atoms with E-state index in [4.69, 9.17) is 9.47 Å². The van der Waals surface area contributed by atoms with Crippen LogP contribution in [0.5, 0.6) is 6.01 Å². The summed E-state index contributed by atoms with van der Waals surface area (Å²) in [5.41, 5.74) is -0.601. The number of alkyl halides is 3. The summed E-state index contributed by atoms with van der Waals surface area (Å²) in [7, 11) is 0. The Balaban J connectivity index is 1.26. The van der Waals surface area contributed by atoms with Crippen LogP contribution in [0.3, 0.4) is 0 Å². The van der Waals surface area contributed by atoms with E-state index in [1.807, 2.05) is 0 Å². The number of rotatable bonds is 9. The van der Waals surface area contributed by atoms with Gasteiger partial charge in [0, 0.05) is 24.8 Å². The molecule has 6 rings (SSSR count). The van der Waals surface area contributed by atoms with E-state index >= 15 is 8.78 Å². The van der Waals surface area contributed by atoms with Crippen molar-refractivity contribution in [3.63, 3.8) is 0 Å². The Hall–Kier alpha value is -4.57. The van der Waals surface area contributed by atoms with Gasteiger partial charge in [-0.1, -0.05) is 0 Å². The molecular formula is C28H19F6N5O4S. The number of hydrogen-bond donors (Lipinski definition) is 1. The molecule has 5 aromatic rings. The lowest BCUT2D eigenvalue weighted by molar-refractivity contribution is -0.134. The minimum atomic E-state index is -4.54. The fourth-order valence-electron chi connectivity index (χ4n) is 4.61. The van der Waals surface area contributed by atoms with Gasteiger partial charge in [0.25, 0.3) is 0 Å². The maximum Gasteiger partial charge on any atom is 0.427 e. The Morgan fingerprint density at radius 1 is 1.09 bits per heavy atom. The fourth-order valence-corrected chi connectivity index (χ4v) is 5.31. The Kier molecular flexibility index (Phi) is 7.71. The first-order chi connectivity index (χ1) is 21.0. The highest BCUT2D eigenvalue weighted by Gasteiger charge is 2.33. The first-order valence-electron chi connectivity index (χ1n) is 13.0. The van der Waals surface area contributed by atoms with Crippen LogP contribution in [-0.4, -0.2) is 48.3 Å². The molecule has 1 unspecified atom stereocenters. The van der Waals surface area contributed by atoms with Crippen LogP contribution in [0.1, 0.15) is 38.1 Å². The first kappa shape index (κ1) is 29.5. The second-order valence-electron chi connectivity index (χ2n) is 9.78. The van der Waals surface area contributed by atoms with E-state index in [1.54, 1.807) is 4.57 Å². The molecule has 4 heterocycles. The molecule has 16 heteroatoms. The number of halogens is 6. The average Bonchev–Trinajstić information content (AvgIpc) is 3.57. The van der Waals surface area contributed by atoms with E-state index in [0.29, 0.717) is 30.6 Å². The second-order valence-corrected chi connectivity index (χ2v) is 10.9. The van der Waals surface area contributed by atoms with Crippen molar-refractivity contribution >= 4 is 28.3 Å². The number of ether oxygens (including phenoxy) is 2. The van der Waals surface area contributed by atoms with Crippen molar-refractivity contribution in [2.75, 3.05) is 6.61 Å². The molecule has 2 aromatic carbocycles. The van der Waals surface area contributed by atoms with Gasteiger partial charge in [-0.15, -0.1) is 11.3 Å². The molecular weight excluding hydrogens is 616 g/mol. The zero-order valence-corrected chi connectivity index (χ0v) is 23.1. The molecule has 1 fully saturated rings. The third-order valence-corrected chi connectivity index (χ3v) is 7.88. The number of benzene rings is 2. The van der Waals surface area contributed by atoms with Crippen LogP contribution in [0.2, 0.25) is 0 Å². The van der Waals surface area contributed by atoms with Crippen LogP contribution in [0.25, 0.3) is 22.3 Å². The minimum absolute atomic E-state index is 0.0156. The zero-order valence-electron chi connectivity index (χ0n) is 22.2. The number of nitrogens with zero attached hydrogens (tertiary/aromatic N) is 5. The highest BCUT2D eigenvalue weighted by Crippen LogP contribution is 2.34. The molecule has 0 aliphatic carbocycles. The van der Waals surface area contributed by atoms with Gasteiger partial charge >= 0.3 is 18.2 Å². The molecule has 1 aliphatic heterocycles. The number of thiazole rings is 1. The van der Waals surface area contributed by atoms with E-state index in [1.165, 1.54) is 18.3 Å². The van der Waals surface area contributed by atoms with Gasteiger partial charge in [-0.2, -0.15) is 18.2 Å². The van der Waals surface area contributed by atoms with E-state index < -0.39 is 34.5 Å². The first-order valence-corrected chi connectivity index (χ1v) is 13.8. The molecule has 9 nitrogen and oxygen atoms in total. The smallest absolute Gasteiger partial charge is 0.427 e. The van der Waals surface area contributed by atoms with Crippen molar-refractivity contribution in [3.05, 3.63) is 87.0 Å². The number of carboxylic acid groups (broad SMARTS) is 1. The van der Waals surface area contributed by atoms with E-state index in [2.05, 4.69) is 19.9 Å². The molecule has 0 bridgehead atoms. The molecule has 0 amide bonds. The second kappa shape index (κ2) is 11.5. The topological polar surface area (TPSA) is 112 Å². The summed E-state index contributed by atoms with van der Waals surface area (Å²) in [6.45, 7) is 0.364. The van der Waals surface area contributed by atoms with Gasteiger partial charge in [-0.05, 0) is 42.3 Å². The predicted molar refractivity (Wildman–Crippen MR) is 143 cm³/mol. The number of imidazole rings is 1. The molecule has 3 aromatic heterocycles. The lowest BCUT2D eigenvalue weighted by atomic mass is 10.0. The highest BCUT2D eigenvalue weighted by atomic mass is 32.1.